The van der Waals surface area contributed by atoms with Gasteiger partial charge in [0.15, 0.2) is 5.11 Å². The van der Waals surface area contributed by atoms with Crippen molar-refractivity contribution in [2.24, 2.45) is 5.41 Å². The van der Waals surface area contributed by atoms with E-state index in [4.69, 9.17) is 17.0 Å². The summed E-state index contributed by atoms with van der Waals surface area (Å²) >= 11 is 4.91. The zero-order chi connectivity index (χ0) is 11.2. The molecule has 0 saturated carbocycles. The number of nitrogens with one attached hydrogen (secondary N) is 2. The second kappa shape index (κ2) is 5.93. The van der Waals surface area contributed by atoms with Gasteiger partial charge in [-0.05, 0) is 12.2 Å². The van der Waals surface area contributed by atoms with Crippen LogP contribution in [-0.4, -0.2) is 31.3 Å². The van der Waals surface area contributed by atoms with Gasteiger partial charge in [0.05, 0.1) is 6.61 Å². The normalized spacial score (nSPS) is 10.9. The third kappa shape index (κ3) is 5.88. The summed E-state index contributed by atoms with van der Waals surface area (Å²) in [5.74, 6) is -0.0904. The third-order valence-electron chi connectivity index (χ3n) is 1.50. The average molecular weight is 218 g/mol. The van der Waals surface area contributed by atoms with Crippen molar-refractivity contribution in [1.29, 1.82) is 0 Å². The number of hydrogen-bond donors (Lipinski definition) is 2. The minimum atomic E-state index is -0.424. The number of carbonyl (C=O) groups excluding carboxylic acids is 1. The Hall–Kier alpha value is -0.680. The predicted molar refractivity (Wildman–Crippen MR) is 60.1 cm³/mol. The second-order valence-corrected chi connectivity index (χ2v) is 4.36. The molecule has 4 nitrogen and oxygen atoms in total. The molecule has 0 aliphatic heterocycles. The number of methoxy groups -OCH3 is 1. The van der Waals surface area contributed by atoms with E-state index < -0.39 is 5.41 Å². The van der Waals surface area contributed by atoms with Gasteiger partial charge in [0.25, 0.3) is 0 Å². The van der Waals surface area contributed by atoms with Crippen molar-refractivity contribution >= 4 is 23.2 Å². The number of carbonyl (C=O) groups is 1. The molecule has 0 radical (unpaired) electrons. The molecule has 0 spiro atoms. The summed E-state index contributed by atoms with van der Waals surface area (Å²) in [6, 6.07) is 0. The summed E-state index contributed by atoms with van der Waals surface area (Å²) in [6.45, 7) is 6.66. The highest BCUT2D eigenvalue weighted by Gasteiger charge is 2.21. The standard InChI is InChI=1S/C9H18N2O2S/c1-9(2,3)7(12)11-8(14)10-5-6-13-4/h5-6H2,1-4H3,(H2,10,11,12,14). The Balaban J connectivity index is 3.78. The van der Waals surface area contributed by atoms with Crippen LogP contribution in [0.3, 0.4) is 0 Å². The molecule has 0 saturated heterocycles. The van der Waals surface area contributed by atoms with E-state index in [1.807, 2.05) is 20.8 Å². The zero-order valence-electron chi connectivity index (χ0n) is 9.14. The van der Waals surface area contributed by atoms with E-state index in [-0.39, 0.29) is 5.91 Å². The van der Waals surface area contributed by atoms with Crippen molar-refractivity contribution in [3.05, 3.63) is 0 Å². The average Bonchev–Trinajstić information content (AvgIpc) is 2.03. The van der Waals surface area contributed by atoms with E-state index in [1.54, 1.807) is 7.11 Å². The first-order chi connectivity index (χ1) is 6.38. The van der Waals surface area contributed by atoms with Gasteiger partial charge < -0.3 is 15.4 Å². The number of hydrogen-bond acceptors (Lipinski definition) is 3. The molecule has 5 heteroatoms. The Morgan fingerprint density at radius 1 is 1.43 bits per heavy atom. The van der Waals surface area contributed by atoms with Gasteiger partial charge in [-0.15, -0.1) is 0 Å². The molecule has 0 aromatic heterocycles. The minimum Gasteiger partial charge on any atom is -0.383 e. The van der Waals surface area contributed by atoms with Crippen LogP contribution < -0.4 is 10.6 Å². The molecule has 0 rings (SSSR count). The van der Waals surface area contributed by atoms with Crippen molar-refractivity contribution in [2.75, 3.05) is 20.3 Å². The fourth-order valence-electron chi connectivity index (χ4n) is 0.601. The highest BCUT2D eigenvalue weighted by atomic mass is 32.1. The fraction of sp³-hybridized carbons (Fsp3) is 0.778. The lowest BCUT2D eigenvalue weighted by atomic mass is 9.96. The highest BCUT2D eigenvalue weighted by molar-refractivity contribution is 7.80. The van der Waals surface area contributed by atoms with Crippen molar-refractivity contribution < 1.29 is 9.53 Å². The van der Waals surface area contributed by atoms with Crippen LogP contribution in [0, 0.1) is 5.41 Å². The van der Waals surface area contributed by atoms with E-state index in [0.717, 1.165) is 0 Å². The van der Waals surface area contributed by atoms with Gasteiger partial charge in [0, 0.05) is 19.1 Å². The van der Waals surface area contributed by atoms with Gasteiger partial charge in [0.2, 0.25) is 5.91 Å². The first kappa shape index (κ1) is 13.3. The number of ether oxygens (including phenoxy) is 1. The molecule has 2 N–H and O–H groups in total. The Morgan fingerprint density at radius 3 is 2.43 bits per heavy atom. The van der Waals surface area contributed by atoms with Crippen molar-refractivity contribution in [3.63, 3.8) is 0 Å². The number of amides is 1. The largest absolute Gasteiger partial charge is 0.383 e. The summed E-state index contributed by atoms with van der Waals surface area (Å²) in [7, 11) is 1.61. The zero-order valence-corrected chi connectivity index (χ0v) is 9.96. The molecular weight excluding hydrogens is 200 g/mol. The topological polar surface area (TPSA) is 50.4 Å². The molecule has 0 bridgehead atoms. The first-order valence-electron chi connectivity index (χ1n) is 4.46. The van der Waals surface area contributed by atoms with Gasteiger partial charge in [0.1, 0.15) is 0 Å². The molecule has 0 fully saturated rings. The molecule has 1 amide bonds. The SMILES string of the molecule is COCCNC(=S)NC(=O)C(C)(C)C. The van der Waals surface area contributed by atoms with Crippen LogP contribution in [0.15, 0.2) is 0 Å². The maximum atomic E-state index is 11.4. The Labute approximate surface area is 90.4 Å². The summed E-state index contributed by atoms with van der Waals surface area (Å²) in [5, 5.41) is 5.81. The van der Waals surface area contributed by atoms with Crippen molar-refractivity contribution in [1.82, 2.24) is 10.6 Å². The van der Waals surface area contributed by atoms with Crippen molar-refractivity contribution in [2.45, 2.75) is 20.8 Å². The fourth-order valence-corrected chi connectivity index (χ4v) is 0.796. The summed E-state index contributed by atoms with van der Waals surface area (Å²) in [6.07, 6.45) is 0. The Bertz CT molecular complexity index is 211. The molecule has 0 atom stereocenters. The predicted octanol–water partition coefficient (Wildman–Crippen LogP) is 0.670. The summed E-state index contributed by atoms with van der Waals surface area (Å²) in [5.41, 5.74) is -0.424. The maximum absolute atomic E-state index is 11.4. The number of thiocarbonyl (C=S) groups is 1. The lowest BCUT2D eigenvalue weighted by molar-refractivity contribution is -0.126. The quantitative estimate of drug-likeness (QED) is 0.540. The van der Waals surface area contributed by atoms with Crippen LogP contribution in [0.4, 0.5) is 0 Å². The second-order valence-electron chi connectivity index (χ2n) is 3.95. The Morgan fingerprint density at radius 2 is 2.00 bits per heavy atom. The van der Waals surface area contributed by atoms with E-state index in [9.17, 15) is 4.79 Å². The van der Waals surface area contributed by atoms with Crippen LogP contribution in [0.25, 0.3) is 0 Å². The Kier molecular flexibility index (Phi) is 5.64. The van der Waals surface area contributed by atoms with Crippen molar-refractivity contribution in [3.8, 4) is 0 Å². The highest BCUT2D eigenvalue weighted by Crippen LogP contribution is 2.11. The van der Waals surface area contributed by atoms with Crippen LogP contribution in [0.5, 0.6) is 0 Å². The maximum Gasteiger partial charge on any atom is 0.231 e. The van der Waals surface area contributed by atoms with Gasteiger partial charge >= 0.3 is 0 Å². The molecule has 0 aliphatic carbocycles. The molecule has 14 heavy (non-hydrogen) atoms. The van der Waals surface area contributed by atoms with E-state index in [2.05, 4.69) is 10.6 Å². The molecule has 0 unspecified atom stereocenters. The molecule has 0 aromatic carbocycles. The smallest absolute Gasteiger partial charge is 0.231 e. The van der Waals surface area contributed by atoms with Crippen LogP contribution in [0.2, 0.25) is 0 Å². The monoisotopic (exact) mass is 218 g/mol. The first-order valence-corrected chi connectivity index (χ1v) is 4.87. The van der Waals surface area contributed by atoms with Crippen LogP contribution >= 0.6 is 12.2 Å². The van der Waals surface area contributed by atoms with Gasteiger partial charge in [-0.2, -0.15) is 0 Å². The summed E-state index contributed by atoms with van der Waals surface area (Å²) in [4.78, 5) is 11.4. The lowest BCUT2D eigenvalue weighted by Gasteiger charge is -2.18. The van der Waals surface area contributed by atoms with E-state index >= 15 is 0 Å². The molecular formula is C9H18N2O2S. The van der Waals surface area contributed by atoms with Gasteiger partial charge in [-0.3, -0.25) is 4.79 Å². The molecule has 0 aromatic rings. The van der Waals surface area contributed by atoms with E-state index in [1.165, 1.54) is 0 Å². The van der Waals surface area contributed by atoms with Gasteiger partial charge in [-0.25, -0.2) is 0 Å². The molecule has 0 heterocycles. The van der Waals surface area contributed by atoms with Crippen LogP contribution in [-0.2, 0) is 9.53 Å². The number of rotatable bonds is 3. The summed E-state index contributed by atoms with van der Waals surface area (Å²) < 4.78 is 4.83. The molecule has 82 valence electrons. The third-order valence-corrected chi connectivity index (χ3v) is 1.75. The molecule has 0 aliphatic rings. The minimum absolute atomic E-state index is 0.0904. The van der Waals surface area contributed by atoms with E-state index in [0.29, 0.717) is 18.3 Å². The van der Waals surface area contributed by atoms with Crippen LogP contribution in [0.1, 0.15) is 20.8 Å². The lowest BCUT2D eigenvalue weighted by Crippen LogP contribution is -2.45. The van der Waals surface area contributed by atoms with Gasteiger partial charge in [-0.1, -0.05) is 20.8 Å².